The van der Waals surface area contributed by atoms with Crippen molar-refractivity contribution in [1.29, 1.82) is 0 Å². The number of hydrogen-bond donors (Lipinski definition) is 1. The van der Waals surface area contributed by atoms with Gasteiger partial charge in [0.25, 0.3) is 0 Å². The summed E-state index contributed by atoms with van der Waals surface area (Å²) in [6, 6.07) is 0. The zero-order valence-corrected chi connectivity index (χ0v) is 12.2. The van der Waals surface area contributed by atoms with E-state index in [-0.39, 0.29) is 0 Å². The monoisotopic (exact) mass is 267 g/mol. The molecular weight excluding hydrogens is 238 g/mol. The summed E-state index contributed by atoms with van der Waals surface area (Å²) < 4.78 is 0. The molecule has 2 fully saturated rings. The second-order valence-corrected chi connectivity index (χ2v) is 6.61. The van der Waals surface area contributed by atoms with Crippen LogP contribution in [0.5, 0.6) is 0 Å². The fraction of sp³-hybridized carbons (Fsp3) is 0.938. The fourth-order valence-electron chi connectivity index (χ4n) is 3.84. The molecule has 0 aromatic rings. The normalized spacial score (nSPS) is 23.6. The number of carbonyl (C=O) groups is 1. The molecule has 1 aliphatic heterocycles. The highest BCUT2D eigenvalue weighted by Gasteiger charge is 2.35. The first-order valence-corrected chi connectivity index (χ1v) is 8.14. The molecular formula is C16H29NO2. The van der Waals surface area contributed by atoms with E-state index in [1.54, 1.807) is 0 Å². The standard InChI is InChI=1S/C16H29NO2/c18-15(19)7-3-1-6-12-17-13-10-16(11-14-17)8-4-2-5-9-16/h1-14H2,(H,18,19). The largest absolute Gasteiger partial charge is 0.481 e. The molecule has 0 radical (unpaired) electrons. The van der Waals surface area contributed by atoms with Gasteiger partial charge < -0.3 is 10.0 Å². The van der Waals surface area contributed by atoms with Gasteiger partial charge in [-0.15, -0.1) is 0 Å². The third-order valence-electron chi connectivity index (χ3n) is 5.20. The maximum Gasteiger partial charge on any atom is 0.303 e. The van der Waals surface area contributed by atoms with Gasteiger partial charge in [0.15, 0.2) is 0 Å². The minimum Gasteiger partial charge on any atom is -0.481 e. The quantitative estimate of drug-likeness (QED) is 0.746. The van der Waals surface area contributed by atoms with Gasteiger partial charge in [0.1, 0.15) is 0 Å². The van der Waals surface area contributed by atoms with Crippen LogP contribution in [0.4, 0.5) is 0 Å². The molecule has 1 spiro atoms. The lowest BCUT2D eigenvalue weighted by Gasteiger charge is -2.44. The van der Waals surface area contributed by atoms with Gasteiger partial charge in [-0.05, 0) is 63.6 Å². The Morgan fingerprint density at radius 3 is 2.26 bits per heavy atom. The lowest BCUT2D eigenvalue weighted by atomic mass is 9.68. The predicted molar refractivity (Wildman–Crippen MR) is 77.3 cm³/mol. The molecule has 1 saturated carbocycles. The van der Waals surface area contributed by atoms with Crippen LogP contribution < -0.4 is 0 Å². The number of hydrogen-bond acceptors (Lipinski definition) is 2. The minimum atomic E-state index is -0.655. The van der Waals surface area contributed by atoms with Crippen LogP contribution in [-0.2, 0) is 4.79 Å². The molecule has 3 nitrogen and oxygen atoms in total. The molecule has 0 aromatic heterocycles. The molecule has 2 aliphatic rings. The highest BCUT2D eigenvalue weighted by Crippen LogP contribution is 2.44. The number of carboxylic acid groups (broad SMARTS) is 1. The number of nitrogens with zero attached hydrogens (tertiary/aromatic N) is 1. The Kier molecular flexibility index (Phi) is 5.68. The number of rotatable bonds is 6. The molecule has 0 bridgehead atoms. The van der Waals surface area contributed by atoms with Gasteiger partial charge >= 0.3 is 5.97 Å². The SMILES string of the molecule is O=C(O)CCCCCN1CCC2(CCCCC2)CC1. The maximum atomic E-state index is 10.4. The third-order valence-corrected chi connectivity index (χ3v) is 5.20. The maximum absolute atomic E-state index is 10.4. The number of unbranched alkanes of at least 4 members (excludes halogenated alkanes) is 2. The van der Waals surface area contributed by atoms with Crippen molar-refractivity contribution >= 4 is 5.97 Å². The van der Waals surface area contributed by atoms with Crippen LogP contribution in [-0.4, -0.2) is 35.6 Å². The highest BCUT2D eigenvalue weighted by atomic mass is 16.4. The number of carboxylic acids is 1. The topological polar surface area (TPSA) is 40.5 Å². The summed E-state index contributed by atoms with van der Waals surface area (Å²) in [5.74, 6) is -0.655. The van der Waals surface area contributed by atoms with Crippen molar-refractivity contribution in [3.8, 4) is 0 Å². The van der Waals surface area contributed by atoms with Crippen LogP contribution in [0.1, 0.15) is 70.6 Å². The molecule has 0 aromatic carbocycles. The third kappa shape index (κ3) is 4.79. The molecule has 19 heavy (non-hydrogen) atoms. The first-order valence-electron chi connectivity index (χ1n) is 8.14. The van der Waals surface area contributed by atoms with Crippen LogP contribution in [0.2, 0.25) is 0 Å². The van der Waals surface area contributed by atoms with Gasteiger partial charge in [0.2, 0.25) is 0 Å². The van der Waals surface area contributed by atoms with Crippen LogP contribution in [0.15, 0.2) is 0 Å². The average molecular weight is 267 g/mol. The number of aliphatic carboxylic acids is 1. The van der Waals surface area contributed by atoms with Crippen molar-refractivity contribution in [2.75, 3.05) is 19.6 Å². The fourth-order valence-corrected chi connectivity index (χ4v) is 3.84. The summed E-state index contributed by atoms with van der Waals surface area (Å²) in [5, 5.41) is 8.59. The zero-order chi connectivity index (χ0) is 13.6. The lowest BCUT2D eigenvalue weighted by Crippen LogP contribution is -2.41. The summed E-state index contributed by atoms with van der Waals surface area (Å²) in [6.07, 6.45) is 13.5. The van der Waals surface area contributed by atoms with E-state index in [1.807, 2.05) is 0 Å². The number of piperidine rings is 1. The van der Waals surface area contributed by atoms with Gasteiger partial charge in [-0.3, -0.25) is 4.79 Å². The van der Waals surface area contributed by atoms with Crippen molar-refractivity contribution < 1.29 is 9.90 Å². The van der Waals surface area contributed by atoms with Crippen molar-refractivity contribution in [2.45, 2.75) is 70.6 Å². The molecule has 1 N–H and O–H groups in total. The molecule has 0 atom stereocenters. The molecule has 0 amide bonds. The molecule has 1 aliphatic carbocycles. The first-order chi connectivity index (χ1) is 9.20. The smallest absolute Gasteiger partial charge is 0.303 e. The van der Waals surface area contributed by atoms with E-state index in [0.717, 1.165) is 12.8 Å². The Bertz CT molecular complexity index is 274. The molecule has 1 saturated heterocycles. The van der Waals surface area contributed by atoms with Gasteiger partial charge in [0, 0.05) is 6.42 Å². The summed E-state index contributed by atoms with van der Waals surface area (Å²) in [4.78, 5) is 13.0. The van der Waals surface area contributed by atoms with Crippen LogP contribution in [0, 0.1) is 5.41 Å². The Morgan fingerprint density at radius 1 is 0.947 bits per heavy atom. The molecule has 1 heterocycles. The average Bonchev–Trinajstić information content (AvgIpc) is 2.41. The van der Waals surface area contributed by atoms with E-state index in [9.17, 15) is 4.79 Å². The molecule has 3 heteroatoms. The second-order valence-electron chi connectivity index (χ2n) is 6.61. The Hall–Kier alpha value is -0.570. The van der Waals surface area contributed by atoms with E-state index >= 15 is 0 Å². The second kappa shape index (κ2) is 7.28. The zero-order valence-electron chi connectivity index (χ0n) is 12.2. The van der Waals surface area contributed by atoms with Crippen molar-refractivity contribution in [2.24, 2.45) is 5.41 Å². The Balaban J connectivity index is 1.57. The van der Waals surface area contributed by atoms with Crippen LogP contribution in [0.3, 0.4) is 0 Å². The molecule has 0 unspecified atom stereocenters. The number of likely N-dealkylation sites (tertiary alicyclic amines) is 1. The Labute approximate surface area is 117 Å². The van der Waals surface area contributed by atoms with Crippen LogP contribution >= 0.6 is 0 Å². The van der Waals surface area contributed by atoms with Gasteiger partial charge in [-0.1, -0.05) is 25.7 Å². The summed E-state index contributed by atoms with van der Waals surface area (Å²) in [6.45, 7) is 3.73. The lowest BCUT2D eigenvalue weighted by molar-refractivity contribution is -0.137. The molecule has 110 valence electrons. The van der Waals surface area contributed by atoms with Gasteiger partial charge in [-0.2, -0.15) is 0 Å². The summed E-state index contributed by atoms with van der Waals surface area (Å²) >= 11 is 0. The van der Waals surface area contributed by atoms with Gasteiger partial charge in [0.05, 0.1) is 0 Å². The highest BCUT2D eigenvalue weighted by molar-refractivity contribution is 5.66. The predicted octanol–water partition coefficient (Wildman–Crippen LogP) is 3.68. The van der Waals surface area contributed by atoms with E-state index in [2.05, 4.69) is 4.90 Å². The summed E-state index contributed by atoms with van der Waals surface area (Å²) in [5.41, 5.74) is 0.706. The van der Waals surface area contributed by atoms with E-state index in [1.165, 1.54) is 71.0 Å². The van der Waals surface area contributed by atoms with Crippen molar-refractivity contribution in [3.63, 3.8) is 0 Å². The van der Waals surface area contributed by atoms with Crippen molar-refractivity contribution in [3.05, 3.63) is 0 Å². The van der Waals surface area contributed by atoms with E-state index in [0.29, 0.717) is 11.8 Å². The first kappa shape index (κ1) is 14.8. The molecule has 2 rings (SSSR count). The van der Waals surface area contributed by atoms with Gasteiger partial charge in [-0.25, -0.2) is 0 Å². The minimum absolute atomic E-state index is 0.336. The summed E-state index contributed by atoms with van der Waals surface area (Å²) in [7, 11) is 0. The Morgan fingerprint density at radius 2 is 1.63 bits per heavy atom. The van der Waals surface area contributed by atoms with Crippen molar-refractivity contribution in [1.82, 2.24) is 4.90 Å². The van der Waals surface area contributed by atoms with Crippen LogP contribution in [0.25, 0.3) is 0 Å². The van der Waals surface area contributed by atoms with E-state index < -0.39 is 5.97 Å². The van der Waals surface area contributed by atoms with E-state index in [4.69, 9.17) is 5.11 Å².